The first-order valence-corrected chi connectivity index (χ1v) is 7.29. The Morgan fingerprint density at radius 3 is 2.84 bits per heavy atom. The van der Waals surface area contributed by atoms with Crippen LogP contribution in [-0.4, -0.2) is 0 Å². The molecule has 1 aromatic heterocycles. The molecule has 0 saturated carbocycles. The van der Waals surface area contributed by atoms with Gasteiger partial charge in [-0.25, -0.2) is 8.78 Å². The fourth-order valence-electron chi connectivity index (χ4n) is 2.48. The van der Waals surface area contributed by atoms with E-state index in [4.69, 9.17) is 0 Å². The summed E-state index contributed by atoms with van der Waals surface area (Å²) >= 11 is 1.83. The summed E-state index contributed by atoms with van der Waals surface area (Å²) in [6.07, 6.45) is 3.65. The van der Waals surface area contributed by atoms with Crippen LogP contribution in [0.25, 0.3) is 0 Å². The van der Waals surface area contributed by atoms with Crippen LogP contribution < -0.4 is 5.32 Å². The first-order chi connectivity index (χ1) is 9.22. The van der Waals surface area contributed by atoms with Crippen LogP contribution in [0.4, 0.5) is 8.78 Å². The van der Waals surface area contributed by atoms with E-state index in [1.165, 1.54) is 46.7 Å². The number of aryl methyl sites for hydroxylation is 2. The van der Waals surface area contributed by atoms with Gasteiger partial charge in [-0.05, 0) is 49.1 Å². The fourth-order valence-corrected chi connectivity index (χ4v) is 3.71. The van der Waals surface area contributed by atoms with Gasteiger partial charge in [-0.15, -0.1) is 11.3 Å². The number of hydrogen-bond donors (Lipinski definition) is 1. The normalized spacial score (nSPS) is 13.8. The molecule has 1 aliphatic rings. The number of rotatable bonds is 4. The molecule has 0 radical (unpaired) electrons. The number of hydrogen-bond acceptors (Lipinski definition) is 2. The van der Waals surface area contributed by atoms with Crippen molar-refractivity contribution < 1.29 is 8.78 Å². The van der Waals surface area contributed by atoms with Gasteiger partial charge in [-0.1, -0.05) is 0 Å². The maximum Gasteiger partial charge on any atom is 0.127 e. The summed E-state index contributed by atoms with van der Waals surface area (Å²) in [6.45, 7) is 1.07. The lowest BCUT2D eigenvalue weighted by Gasteiger charge is -2.05. The summed E-state index contributed by atoms with van der Waals surface area (Å²) < 4.78 is 26.4. The van der Waals surface area contributed by atoms with E-state index in [-0.39, 0.29) is 5.82 Å². The van der Waals surface area contributed by atoms with Gasteiger partial charge >= 0.3 is 0 Å². The van der Waals surface area contributed by atoms with Crippen molar-refractivity contribution in [2.45, 2.75) is 32.4 Å². The minimum atomic E-state index is -0.395. The smallest absolute Gasteiger partial charge is 0.127 e. The maximum atomic E-state index is 13.4. The molecule has 1 heterocycles. The third kappa shape index (κ3) is 2.85. The first kappa shape index (κ1) is 12.8. The Hall–Kier alpha value is -1.26. The highest BCUT2D eigenvalue weighted by Gasteiger charge is 2.14. The van der Waals surface area contributed by atoms with Crippen LogP contribution in [0, 0.1) is 11.6 Å². The van der Waals surface area contributed by atoms with Crippen molar-refractivity contribution in [1.29, 1.82) is 0 Å². The SMILES string of the molecule is Fc1ccc(F)c(CNCc2cc3c(s2)CCC3)c1. The van der Waals surface area contributed by atoms with E-state index in [1.54, 1.807) is 0 Å². The molecule has 3 rings (SSSR count). The molecule has 0 spiro atoms. The van der Waals surface area contributed by atoms with E-state index in [0.717, 1.165) is 6.07 Å². The average molecular weight is 279 g/mol. The lowest BCUT2D eigenvalue weighted by Crippen LogP contribution is -2.13. The van der Waals surface area contributed by atoms with Crippen LogP contribution in [0.2, 0.25) is 0 Å². The van der Waals surface area contributed by atoms with Gasteiger partial charge in [0.25, 0.3) is 0 Å². The second-order valence-corrected chi connectivity index (χ2v) is 6.08. The Labute approximate surface area is 115 Å². The van der Waals surface area contributed by atoms with Crippen LogP contribution in [0.5, 0.6) is 0 Å². The highest BCUT2D eigenvalue weighted by Crippen LogP contribution is 2.30. The largest absolute Gasteiger partial charge is 0.308 e. The summed E-state index contributed by atoms with van der Waals surface area (Å²) in [5.74, 6) is -0.754. The van der Waals surface area contributed by atoms with Gasteiger partial charge in [-0.3, -0.25) is 0 Å². The van der Waals surface area contributed by atoms with Crippen molar-refractivity contribution >= 4 is 11.3 Å². The van der Waals surface area contributed by atoms with Crippen LogP contribution in [0.15, 0.2) is 24.3 Å². The monoisotopic (exact) mass is 279 g/mol. The molecule has 4 heteroatoms. The van der Waals surface area contributed by atoms with Crippen molar-refractivity contribution in [2.75, 3.05) is 0 Å². The maximum absolute atomic E-state index is 13.4. The zero-order valence-corrected chi connectivity index (χ0v) is 11.3. The van der Waals surface area contributed by atoms with Crippen LogP contribution in [0.3, 0.4) is 0 Å². The minimum absolute atomic E-state index is 0.353. The average Bonchev–Trinajstić information content (AvgIpc) is 2.94. The van der Waals surface area contributed by atoms with Crippen molar-refractivity contribution in [3.8, 4) is 0 Å². The molecule has 2 aromatic rings. The molecule has 0 bridgehead atoms. The third-order valence-corrected chi connectivity index (χ3v) is 4.66. The van der Waals surface area contributed by atoms with Gasteiger partial charge in [-0.2, -0.15) is 0 Å². The Morgan fingerprint density at radius 2 is 2.00 bits per heavy atom. The van der Waals surface area contributed by atoms with Gasteiger partial charge in [0.15, 0.2) is 0 Å². The Kier molecular flexibility index (Phi) is 3.62. The second-order valence-electron chi connectivity index (χ2n) is 4.85. The Balaban J connectivity index is 1.59. The second kappa shape index (κ2) is 5.39. The predicted octanol–water partition coefficient (Wildman–Crippen LogP) is 3.80. The molecule has 1 nitrogen and oxygen atoms in total. The molecule has 1 N–H and O–H groups in total. The predicted molar refractivity (Wildman–Crippen MR) is 73.2 cm³/mol. The van der Waals surface area contributed by atoms with E-state index < -0.39 is 5.82 Å². The third-order valence-electron chi connectivity index (χ3n) is 3.42. The zero-order valence-electron chi connectivity index (χ0n) is 10.5. The number of halogens is 2. The number of fused-ring (bicyclic) bond motifs is 1. The van der Waals surface area contributed by atoms with Crippen LogP contribution in [0.1, 0.15) is 27.3 Å². The van der Waals surface area contributed by atoms with Crippen LogP contribution in [-0.2, 0) is 25.9 Å². The van der Waals surface area contributed by atoms with Crippen molar-refractivity contribution in [1.82, 2.24) is 5.32 Å². The molecule has 0 unspecified atom stereocenters. The van der Waals surface area contributed by atoms with Crippen molar-refractivity contribution in [3.05, 3.63) is 56.8 Å². The minimum Gasteiger partial charge on any atom is -0.308 e. The molecule has 1 aliphatic carbocycles. The highest BCUT2D eigenvalue weighted by atomic mass is 32.1. The molecule has 0 aliphatic heterocycles. The molecular formula is C15H15F2NS. The summed E-state index contributed by atoms with van der Waals surface area (Å²) in [6, 6.07) is 5.80. The summed E-state index contributed by atoms with van der Waals surface area (Å²) in [7, 11) is 0. The fraction of sp³-hybridized carbons (Fsp3) is 0.333. The van der Waals surface area contributed by atoms with Gasteiger partial charge in [0.2, 0.25) is 0 Å². The van der Waals surface area contributed by atoms with E-state index >= 15 is 0 Å². The van der Waals surface area contributed by atoms with E-state index in [1.807, 2.05) is 11.3 Å². The molecule has 1 aromatic carbocycles. The molecule has 0 fully saturated rings. The quantitative estimate of drug-likeness (QED) is 0.897. The van der Waals surface area contributed by atoms with Crippen LogP contribution >= 0.6 is 11.3 Å². The Bertz CT molecular complexity index is 570. The lowest BCUT2D eigenvalue weighted by molar-refractivity contribution is 0.569. The molecule has 100 valence electrons. The van der Waals surface area contributed by atoms with Gasteiger partial charge in [0.1, 0.15) is 11.6 Å². The van der Waals surface area contributed by atoms with Crippen molar-refractivity contribution in [3.63, 3.8) is 0 Å². The number of thiophene rings is 1. The Morgan fingerprint density at radius 1 is 1.11 bits per heavy atom. The molecular weight excluding hydrogens is 264 g/mol. The number of nitrogens with one attached hydrogen (secondary N) is 1. The summed E-state index contributed by atoms with van der Waals surface area (Å²) in [5, 5.41) is 3.18. The molecule has 0 saturated heterocycles. The van der Waals surface area contributed by atoms with Gasteiger partial charge in [0.05, 0.1) is 0 Å². The van der Waals surface area contributed by atoms with E-state index in [2.05, 4.69) is 11.4 Å². The van der Waals surface area contributed by atoms with Gasteiger partial charge in [0, 0.05) is 28.4 Å². The topological polar surface area (TPSA) is 12.0 Å². The molecule has 0 amide bonds. The van der Waals surface area contributed by atoms with Crippen molar-refractivity contribution in [2.24, 2.45) is 0 Å². The lowest BCUT2D eigenvalue weighted by atomic mass is 10.2. The highest BCUT2D eigenvalue weighted by molar-refractivity contribution is 7.12. The van der Waals surface area contributed by atoms with E-state index in [9.17, 15) is 8.78 Å². The summed E-state index contributed by atoms with van der Waals surface area (Å²) in [4.78, 5) is 2.77. The summed E-state index contributed by atoms with van der Waals surface area (Å²) in [5.41, 5.74) is 1.85. The molecule has 0 atom stereocenters. The zero-order chi connectivity index (χ0) is 13.2. The molecule has 19 heavy (non-hydrogen) atoms. The first-order valence-electron chi connectivity index (χ1n) is 6.47. The standard InChI is InChI=1S/C15H15F2NS/c16-12-4-5-14(17)11(6-12)8-18-9-13-7-10-2-1-3-15(10)19-13/h4-7,18H,1-3,8-9H2. The number of benzene rings is 1. The van der Waals surface area contributed by atoms with Gasteiger partial charge < -0.3 is 5.32 Å². The van der Waals surface area contributed by atoms with E-state index in [0.29, 0.717) is 18.7 Å².